The van der Waals surface area contributed by atoms with Crippen LogP contribution in [0.5, 0.6) is 0 Å². The van der Waals surface area contributed by atoms with E-state index in [1.165, 1.54) is 24.8 Å². The molecule has 1 saturated carbocycles. The summed E-state index contributed by atoms with van der Waals surface area (Å²) in [5, 5.41) is 3.12. The summed E-state index contributed by atoms with van der Waals surface area (Å²) < 4.78 is 0. The third-order valence-corrected chi connectivity index (χ3v) is 5.47. The molecule has 1 N–H and O–H groups in total. The maximum atomic E-state index is 12.8. The number of carbonyl (C=O) groups is 2. The number of benzene rings is 2. The lowest BCUT2D eigenvalue weighted by Crippen LogP contribution is -2.36. The molecule has 0 aromatic heterocycles. The van der Waals surface area contributed by atoms with E-state index in [9.17, 15) is 9.59 Å². The van der Waals surface area contributed by atoms with Crippen LogP contribution in [0.15, 0.2) is 48.5 Å². The summed E-state index contributed by atoms with van der Waals surface area (Å²) in [6, 6.07) is 15.4. The van der Waals surface area contributed by atoms with Gasteiger partial charge in [-0.3, -0.25) is 9.59 Å². The van der Waals surface area contributed by atoms with Gasteiger partial charge >= 0.3 is 0 Å². The number of anilines is 1. The quantitative estimate of drug-likeness (QED) is 0.913. The van der Waals surface area contributed by atoms with Crippen LogP contribution >= 0.6 is 0 Å². The van der Waals surface area contributed by atoms with Gasteiger partial charge in [-0.1, -0.05) is 37.5 Å². The molecular formula is C22H24N2O2. The zero-order chi connectivity index (χ0) is 17.9. The van der Waals surface area contributed by atoms with E-state index >= 15 is 0 Å². The topological polar surface area (TPSA) is 49.4 Å². The highest BCUT2D eigenvalue weighted by Crippen LogP contribution is 2.28. The monoisotopic (exact) mass is 348 g/mol. The minimum Gasteiger partial charge on any atom is -0.349 e. The number of fused-ring (bicyclic) bond motifs is 1. The summed E-state index contributed by atoms with van der Waals surface area (Å²) in [7, 11) is 0. The summed E-state index contributed by atoms with van der Waals surface area (Å²) in [4.78, 5) is 27.1. The van der Waals surface area contributed by atoms with Crippen molar-refractivity contribution < 1.29 is 9.59 Å². The van der Waals surface area contributed by atoms with E-state index in [1.807, 2.05) is 23.1 Å². The fourth-order valence-electron chi connectivity index (χ4n) is 3.98. The van der Waals surface area contributed by atoms with E-state index in [4.69, 9.17) is 0 Å². The van der Waals surface area contributed by atoms with Crippen molar-refractivity contribution in [2.75, 3.05) is 11.4 Å². The van der Waals surface area contributed by atoms with E-state index < -0.39 is 0 Å². The Morgan fingerprint density at radius 2 is 1.58 bits per heavy atom. The molecule has 2 aromatic carbocycles. The van der Waals surface area contributed by atoms with Crippen molar-refractivity contribution in [2.24, 2.45) is 0 Å². The van der Waals surface area contributed by atoms with Gasteiger partial charge in [0.1, 0.15) is 0 Å². The average molecular weight is 348 g/mol. The Bertz CT molecular complexity index is 807. The Kier molecular flexibility index (Phi) is 4.74. The average Bonchev–Trinajstić information content (AvgIpc) is 3.12. The van der Waals surface area contributed by atoms with Crippen LogP contribution in [0.2, 0.25) is 0 Å². The molecule has 0 saturated heterocycles. The third-order valence-electron chi connectivity index (χ3n) is 5.47. The minimum absolute atomic E-state index is 0.00538. The molecular weight excluding hydrogens is 324 g/mol. The minimum atomic E-state index is -0.0394. The summed E-state index contributed by atoms with van der Waals surface area (Å²) >= 11 is 0. The number of carbonyl (C=O) groups excluding carboxylic acids is 2. The molecule has 134 valence electrons. The maximum absolute atomic E-state index is 12.8. The number of amides is 2. The third kappa shape index (κ3) is 3.36. The molecule has 26 heavy (non-hydrogen) atoms. The highest BCUT2D eigenvalue weighted by molar-refractivity contribution is 6.07. The Hall–Kier alpha value is -2.62. The Morgan fingerprint density at radius 3 is 2.35 bits per heavy atom. The standard InChI is InChI=1S/C22H24N2O2/c25-21(23-19-7-2-1-3-8-19)17-10-12-18(13-11-17)22(26)24-15-14-16-6-4-5-9-20(16)24/h4-6,9-13,19H,1-3,7-8,14-15H2,(H,23,25). The van der Waals surface area contributed by atoms with Crippen molar-refractivity contribution in [1.82, 2.24) is 5.32 Å². The van der Waals surface area contributed by atoms with Crippen LogP contribution in [-0.2, 0) is 6.42 Å². The van der Waals surface area contributed by atoms with Crippen molar-refractivity contribution in [2.45, 2.75) is 44.6 Å². The molecule has 2 aromatic rings. The van der Waals surface area contributed by atoms with Crippen molar-refractivity contribution in [3.8, 4) is 0 Å². The molecule has 0 spiro atoms. The second-order valence-corrected chi connectivity index (χ2v) is 7.22. The lowest BCUT2D eigenvalue weighted by Gasteiger charge is -2.22. The molecule has 0 bridgehead atoms. The molecule has 4 nitrogen and oxygen atoms in total. The number of hydrogen-bond donors (Lipinski definition) is 1. The highest BCUT2D eigenvalue weighted by atomic mass is 16.2. The summed E-state index contributed by atoms with van der Waals surface area (Å²) in [6.07, 6.45) is 6.67. The van der Waals surface area contributed by atoms with Crippen molar-refractivity contribution in [1.29, 1.82) is 0 Å². The molecule has 1 fully saturated rings. The summed E-state index contributed by atoms with van der Waals surface area (Å²) in [6.45, 7) is 0.710. The lowest BCUT2D eigenvalue weighted by molar-refractivity contribution is 0.0925. The van der Waals surface area contributed by atoms with E-state index in [-0.39, 0.29) is 11.8 Å². The van der Waals surface area contributed by atoms with Crippen molar-refractivity contribution in [3.63, 3.8) is 0 Å². The van der Waals surface area contributed by atoms with Gasteiger partial charge in [0.15, 0.2) is 0 Å². The van der Waals surface area contributed by atoms with Gasteiger partial charge in [0.2, 0.25) is 0 Å². The van der Waals surface area contributed by atoms with Crippen LogP contribution in [-0.4, -0.2) is 24.4 Å². The van der Waals surface area contributed by atoms with Crippen LogP contribution in [0.1, 0.15) is 58.4 Å². The fourth-order valence-corrected chi connectivity index (χ4v) is 3.98. The number of hydrogen-bond acceptors (Lipinski definition) is 2. The molecule has 2 amide bonds. The van der Waals surface area contributed by atoms with Crippen LogP contribution < -0.4 is 10.2 Å². The molecule has 4 heteroatoms. The fraction of sp³-hybridized carbons (Fsp3) is 0.364. The van der Waals surface area contributed by atoms with E-state index in [0.29, 0.717) is 23.7 Å². The summed E-state index contributed by atoms with van der Waals surface area (Å²) in [5.74, 6) is -0.0448. The van der Waals surface area contributed by atoms with Gasteiger partial charge < -0.3 is 10.2 Å². The molecule has 2 aliphatic rings. The summed E-state index contributed by atoms with van der Waals surface area (Å²) in [5.41, 5.74) is 3.45. The van der Waals surface area contributed by atoms with Crippen LogP contribution in [0.4, 0.5) is 5.69 Å². The van der Waals surface area contributed by atoms with Gasteiger partial charge in [-0.05, 0) is 55.2 Å². The first-order valence-corrected chi connectivity index (χ1v) is 9.53. The predicted octanol–water partition coefficient (Wildman–Crippen LogP) is 3.95. The predicted molar refractivity (Wildman–Crippen MR) is 103 cm³/mol. The molecule has 4 rings (SSSR count). The zero-order valence-electron chi connectivity index (χ0n) is 14.9. The first-order valence-electron chi connectivity index (χ1n) is 9.53. The van der Waals surface area contributed by atoms with Crippen LogP contribution in [0.25, 0.3) is 0 Å². The van der Waals surface area contributed by atoms with Gasteiger partial charge in [0.05, 0.1) is 0 Å². The highest BCUT2D eigenvalue weighted by Gasteiger charge is 2.25. The molecule has 0 radical (unpaired) electrons. The Labute approximate surface area is 154 Å². The van der Waals surface area contributed by atoms with Gasteiger partial charge in [-0.25, -0.2) is 0 Å². The van der Waals surface area contributed by atoms with Gasteiger partial charge in [0.25, 0.3) is 11.8 Å². The van der Waals surface area contributed by atoms with E-state index in [2.05, 4.69) is 11.4 Å². The van der Waals surface area contributed by atoms with Gasteiger partial charge in [-0.2, -0.15) is 0 Å². The zero-order valence-corrected chi connectivity index (χ0v) is 14.9. The van der Waals surface area contributed by atoms with Crippen LogP contribution in [0.3, 0.4) is 0 Å². The number of nitrogens with zero attached hydrogens (tertiary/aromatic N) is 1. The first-order chi connectivity index (χ1) is 12.7. The first kappa shape index (κ1) is 16.8. The second kappa shape index (κ2) is 7.32. The number of nitrogens with one attached hydrogen (secondary N) is 1. The normalized spacial score (nSPS) is 17.0. The number of rotatable bonds is 3. The second-order valence-electron chi connectivity index (χ2n) is 7.22. The van der Waals surface area contributed by atoms with Crippen molar-refractivity contribution in [3.05, 3.63) is 65.2 Å². The molecule has 0 unspecified atom stereocenters. The largest absolute Gasteiger partial charge is 0.349 e. The molecule has 0 atom stereocenters. The number of para-hydroxylation sites is 1. The van der Waals surface area contributed by atoms with Gasteiger partial charge in [0, 0.05) is 29.4 Å². The molecule has 1 heterocycles. The molecule has 1 aliphatic heterocycles. The molecule has 1 aliphatic carbocycles. The Balaban J connectivity index is 1.44. The maximum Gasteiger partial charge on any atom is 0.258 e. The van der Waals surface area contributed by atoms with E-state index in [1.54, 1.807) is 24.3 Å². The Morgan fingerprint density at radius 1 is 0.885 bits per heavy atom. The van der Waals surface area contributed by atoms with Crippen LogP contribution in [0, 0.1) is 0 Å². The van der Waals surface area contributed by atoms with E-state index in [0.717, 1.165) is 24.9 Å². The van der Waals surface area contributed by atoms with Gasteiger partial charge in [-0.15, -0.1) is 0 Å². The smallest absolute Gasteiger partial charge is 0.258 e. The van der Waals surface area contributed by atoms with Crippen molar-refractivity contribution >= 4 is 17.5 Å². The lowest BCUT2D eigenvalue weighted by atomic mass is 9.95. The SMILES string of the molecule is O=C(NC1CCCCC1)c1ccc(C(=O)N2CCc3ccccc32)cc1.